The Bertz CT molecular complexity index is 756. The number of carboxylic acids is 1. The van der Waals surface area contributed by atoms with Crippen molar-refractivity contribution in [3.05, 3.63) is 52.6 Å². The lowest BCUT2D eigenvalue weighted by atomic mass is 10.1. The van der Waals surface area contributed by atoms with E-state index in [0.717, 1.165) is 15.9 Å². The average Bonchev–Trinajstić information content (AvgIpc) is 2.97. The van der Waals surface area contributed by atoms with Crippen LogP contribution < -0.4 is 5.32 Å². The Morgan fingerprint density at radius 2 is 2.15 bits per heavy atom. The third-order valence-corrected chi connectivity index (χ3v) is 3.69. The van der Waals surface area contributed by atoms with E-state index in [9.17, 15) is 9.90 Å². The summed E-state index contributed by atoms with van der Waals surface area (Å²) in [7, 11) is 0. The first-order chi connectivity index (χ1) is 9.75. The number of carboxylic acid groups (broad SMARTS) is 1. The molecule has 0 atom stereocenters. The maximum absolute atomic E-state index is 11.3. The smallest absolute Gasteiger partial charge is 0.339 e. The number of para-hydroxylation sites is 1. The number of nitrogens with one attached hydrogen (secondary N) is 1. The Labute approximate surface area is 118 Å². The van der Waals surface area contributed by atoms with Crippen LogP contribution in [0.25, 0.3) is 10.9 Å². The summed E-state index contributed by atoms with van der Waals surface area (Å²) >= 11 is 1.53. The topological polar surface area (TPSA) is 75.1 Å². The van der Waals surface area contributed by atoms with Gasteiger partial charge in [-0.3, -0.25) is 4.98 Å². The van der Waals surface area contributed by atoms with Crippen LogP contribution in [0.2, 0.25) is 0 Å². The van der Waals surface area contributed by atoms with Crippen LogP contribution in [-0.4, -0.2) is 21.0 Å². The Morgan fingerprint density at radius 3 is 2.90 bits per heavy atom. The van der Waals surface area contributed by atoms with Gasteiger partial charge in [0.1, 0.15) is 10.6 Å². The van der Waals surface area contributed by atoms with Crippen LogP contribution in [0.5, 0.6) is 0 Å². The van der Waals surface area contributed by atoms with Crippen LogP contribution in [0.3, 0.4) is 0 Å². The number of hydrogen-bond acceptors (Lipinski definition) is 5. The molecule has 100 valence electrons. The van der Waals surface area contributed by atoms with Crippen molar-refractivity contribution in [2.24, 2.45) is 0 Å². The van der Waals surface area contributed by atoms with Gasteiger partial charge in [-0.05, 0) is 6.07 Å². The lowest BCUT2D eigenvalue weighted by molar-refractivity contribution is 0.0697. The van der Waals surface area contributed by atoms with E-state index >= 15 is 0 Å². The number of carbonyl (C=O) groups is 1. The number of fused-ring (bicyclic) bond motifs is 1. The van der Waals surface area contributed by atoms with Crippen molar-refractivity contribution in [1.29, 1.82) is 0 Å². The van der Waals surface area contributed by atoms with Gasteiger partial charge in [0.25, 0.3) is 0 Å². The number of rotatable bonds is 4. The molecule has 2 aromatic heterocycles. The SMILES string of the molecule is O=C(O)c1cnc2ccccc2c1NCc1nccs1. The van der Waals surface area contributed by atoms with Gasteiger partial charge in [0, 0.05) is 23.2 Å². The molecule has 0 amide bonds. The zero-order valence-corrected chi connectivity index (χ0v) is 11.2. The predicted molar refractivity (Wildman–Crippen MR) is 78.1 cm³/mol. The first-order valence-electron chi connectivity index (χ1n) is 5.99. The van der Waals surface area contributed by atoms with Crippen LogP contribution in [0.4, 0.5) is 5.69 Å². The molecule has 1 aromatic carbocycles. The normalized spacial score (nSPS) is 10.6. The fraction of sp³-hybridized carbons (Fsp3) is 0.0714. The van der Waals surface area contributed by atoms with Crippen molar-refractivity contribution in [3.8, 4) is 0 Å². The zero-order valence-electron chi connectivity index (χ0n) is 10.4. The van der Waals surface area contributed by atoms with E-state index in [4.69, 9.17) is 0 Å². The first-order valence-corrected chi connectivity index (χ1v) is 6.87. The quantitative estimate of drug-likeness (QED) is 0.770. The molecular formula is C14H11N3O2S. The van der Waals surface area contributed by atoms with E-state index in [1.165, 1.54) is 17.5 Å². The predicted octanol–water partition coefficient (Wildman–Crippen LogP) is 3.00. The largest absolute Gasteiger partial charge is 0.478 e. The van der Waals surface area contributed by atoms with Crippen LogP contribution in [-0.2, 0) is 6.54 Å². The van der Waals surface area contributed by atoms with E-state index in [2.05, 4.69) is 15.3 Å². The molecule has 0 fully saturated rings. The molecule has 0 saturated carbocycles. The summed E-state index contributed by atoms with van der Waals surface area (Å²) in [6, 6.07) is 7.46. The zero-order chi connectivity index (χ0) is 13.9. The van der Waals surface area contributed by atoms with Crippen LogP contribution in [0.15, 0.2) is 42.0 Å². The summed E-state index contributed by atoms with van der Waals surface area (Å²) in [5, 5.41) is 16.0. The van der Waals surface area contributed by atoms with E-state index in [1.54, 1.807) is 6.20 Å². The van der Waals surface area contributed by atoms with Crippen molar-refractivity contribution in [3.63, 3.8) is 0 Å². The van der Waals surface area contributed by atoms with Gasteiger partial charge < -0.3 is 10.4 Å². The third kappa shape index (κ3) is 2.33. The minimum absolute atomic E-state index is 0.167. The lowest BCUT2D eigenvalue weighted by Crippen LogP contribution is -2.07. The number of pyridine rings is 1. The number of thiazole rings is 1. The molecule has 0 saturated heterocycles. The highest BCUT2D eigenvalue weighted by Gasteiger charge is 2.14. The lowest BCUT2D eigenvalue weighted by Gasteiger charge is -2.11. The van der Waals surface area contributed by atoms with Crippen molar-refractivity contribution in [2.75, 3.05) is 5.32 Å². The second kappa shape index (κ2) is 5.26. The Balaban J connectivity index is 2.05. The number of hydrogen-bond donors (Lipinski definition) is 2. The van der Waals surface area contributed by atoms with E-state index < -0.39 is 5.97 Å². The Morgan fingerprint density at radius 1 is 1.30 bits per heavy atom. The molecule has 6 heteroatoms. The molecule has 0 unspecified atom stereocenters. The van der Waals surface area contributed by atoms with Gasteiger partial charge in [-0.1, -0.05) is 18.2 Å². The molecule has 0 bridgehead atoms. The minimum Gasteiger partial charge on any atom is -0.478 e. The number of nitrogens with zero attached hydrogens (tertiary/aromatic N) is 2. The van der Waals surface area contributed by atoms with Gasteiger partial charge in [-0.2, -0.15) is 0 Å². The molecule has 2 heterocycles. The number of aromatic nitrogens is 2. The van der Waals surface area contributed by atoms with E-state index in [-0.39, 0.29) is 5.56 Å². The maximum atomic E-state index is 11.3. The molecule has 20 heavy (non-hydrogen) atoms. The van der Waals surface area contributed by atoms with Crippen LogP contribution in [0.1, 0.15) is 15.4 Å². The van der Waals surface area contributed by atoms with Crippen molar-refractivity contribution < 1.29 is 9.90 Å². The maximum Gasteiger partial charge on any atom is 0.339 e. The fourth-order valence-corrected chi connectivity index (χ4v) is 2.55. The van der Waals surface area contributed by atoms with E-state index in [1.807, 2.05) is 29.6 Å². The van der Waals surface area contributed by atoms with E-state index in [0.29, 0.717) is 12.2 Å². The summed E-state index contributed by atoms with van der Waals surface area (Å²) in [5.74, 6) is -0.995. The van der Waals surface area contributed by atoms with Crippen LogP contribution >= 0.6 is 11.3 Å². The number of benzene rings is 1. The van der Waals surface area contributed by atoms with Crippen molar-refractivity contribution in [1.82, 2.24) is 9.97 Å². The second-order valence-corrected chi connectivity index (χ2v) is 5.13. The summed E-state index contributed by atoms with van der Waals surface area (Å²) in [6.45, 7) is 0.492. The minimum atomic E-state index is -0.995. The summed E-state index contributed by atoms with van der Waals surface area (Å²) < 4.78 is 0. The Hall–Kier alpha value is -2.47. The summed E-state index contributed by atoms with van der Waals surface area (Å²) in [4.78, 5) is 19.7. The average molecular weight is 285 g/mol. The molecule has 5 nitrogen and oxygen atoms in total. The molecule has 0 radical (unpaired) electrons. The molecular weight excluding hydrogens is 274 g/mol. The van der Waals surface area contributed by atoms with Crippen molar-refractivity contribution >= 4 is 33.9 Å². The van der Waals surface area contributed by atoms with Gasteiger partial charge >= 0.3 is 5.97 Å². The third-order valence-electron chi connectivity index (χ3n) is 2.91. The molecule has 0 aliphatic heterocycles. The molecule has 0 aliphatic carbocycles. The van der Waals surface area contributed by atoms with Gasteiger partial charge in [0.15, 0.2) is 0 Å². The van der Waals surface area contributed by atoms with Crippen molar-refractivity contribution in [2.45, 2.75) is 6.54 Å². The Kier molecular flexibility index (Phi) is 3.30. The summed E-state index contributed by atoms with van der Waals surface area (Å²) in [6.07, 6.45) is 3.11. The molecule has 2 N–H and O–H groups in total. The van der Waals surface area contributed by atoms with Gasteiger partial charge in [0.05, 0.1) is 17.7 Å². The van der Waals surface area contributed by atoms with Gasteiger partial charge in [-0.15, -0.1) is 11.3 Å². The highest BCUT2D eigenvalue weighted by molar-refractivity contribution is 7.09. The van der Waals surface area contributed by atoms with Gasteiger partial charge in [-0.25, -0.2) is 9.78 Å². The molecule has 3 aromatic rings. The standard InChI is InChI=1S/C14H11N3O2S/c18-14(19)10-7-16-11-4-2-1-3-9(11)13(10)17-8-12-15-5-6-20-12/h1-7H,8H2,(H,16,17)(H,18,19). The summed E-state index contributed by atoms with van der Waals surface area (Å²) in [5.41, 5.74) is 1.51. The highest BCUT2D eigenvalue weighted by Crippen LogP contribution is 2.26. The first kappa shape index (κ1) is 12.6. The van der Waals surface area contributed by atoms with Crippen LogP contribution in [0, 0.1) is 0 Å². The number of aromatic carboxylic acids is 1. The molecule has 0 aliphatic rings. The van der Waals surface area contributed by atoms with Gasteiger partial charge in [0.2, 0.25) is 0 Å². The highest BCUT2D eigenvalue weighted by atomic mass is 32.1. The monoisotopic (exact) mass is 285 g/mol. The fourth-order valence-electron chi connectivity index (χ4n) is 2.00. The molecule has 0 spiro atoms. The number of anilines is 1. The second-order valence-electron chi connectivity index (χ2n) is 4.15. The molecule has 3 rings (SSSR count).